The molecule has 1 atom stereocenters. The molecule has 20 heavy (non-hydrogen) atoms. The Morgan fingerprint density at radius 3 is 2.65 bits per heavy atom. The molecule has 3 nitrogen and oxygen atoms in total. The standard InChI is InChI=1S/C13H15BrF3NO2/c1-20-12-5-11(14)10(13(15,16)17)4-8(12)6-18-3-2-9(19)7-18/h4-5,9,19H,2-3,6-7H2,1H3. The van der Waals surface area contributed by atoms with Crippen molar-refractivity contribution >= 4 is 15.9 Å². The van der Waals surface area contributed by atoms with Crippen LogP contribution in [0.4, 0.5) is 13.2 Å². The summed E-state index contributed by atoms with van der Waals surface area (Å²) in [6.07, 6.45) is -4.17. The molecule has 2 rings (SSSR count). The van der Waals surface area contributed by atoms with Crippen molar-refractivity contribution in [1.29, 1.82) is 0 Å². The Labute approximate surface area is 123 Å². The molecule has 0 spiro atoms. The summed E-state index contributed by atoms with van der Waals surface area (Å²) in [7, 11) is 1.43. The second kappa shape index (κ2) is 5.91. The van der Waals surface area contributed by atoms with Gasteiger partial charge in [-0.15, -0.1) is 0 Å². The summed E-state index contributed by atoms with van der Waals surface area (Å²) < 4.78 is 43.9. The summed E-state index contributed by atoms with van der Waals surface area (Å²) in [6, 6.07) is 2.44. The van der Waals surface area contributed by atoms with E-state index in [-0.39, 0.29) is 4.47 Å². The van der Waals surface area contributed by atoms with Crippen LogP contribution in [0.1, 0.15) is 17.5 Å². The molecule has 1 heterocycles. The second-order valence-electron chi connectivity index (χ2n) is 4.82. The average molecular weight is 354 g/mol. The number of rotatable bonds is 3. The molecule has 0 saturated carbocycles. The molecule has 1 saturated heterocycles. The average Bonchev–Trinajstić information content (AvgIpc) is 2.75. The van der Waals surface area contributed by atoms with Gasteiger partial charge in [0.15, 0.2) is 0 Å². The Hall–Kier alpha value is -0.790. The van der Waals surface area contributed by atoms with Gasteiger partial charge in [0, 0.05) is 29.7 Å². The minimum atomic E-state index is -4.41. The number of hydrogen-bond donors (Lipinski definition) is 1. The number of halogens is 4. The molecule has 0 bridgehead atoms. The summed E-state index contributed by atoms with van der Waals surface area (Å²) >= 11 is 2.93. The van der Waals surface area contributed by atoms with Crippen molar-refractivity contribution in [2.75, 3.05) is 20.2 Å². The second-order valence-corrected chi connectivity index (χ2v) is 5.67. The number of alkyl halides is 3. The first kappa shape index (κ1) is 15.6. The lowest BCUT2D eigenvalue weighted by molar-refractivity contribution is -0.138. The van der Waals surface area contributed by atoms with Crippen LogP contribution in [0.25, 0.3) is 0 Å². The summed E-state index contributed by atoms with van der Waals surface area (Å²) in [5.74, 6) is 0.409. The highest BCUT2D eigenvalue weighted by Crippen LogP contribution is 2.39. The Balaban J connectivity index is 2.30. The van der Waals surface area contributed by atoms with E-state index in [0.717, 1.165) is 6.07 Å². The third-order valence-corrected chi connectivity index (χ3v) is 3.97. The minimum absolute atomic E-state index is 0.0351. The summed E-state index contributed by atoms with van der Waals surface area (Å²) in [5.41, 5.74) is -0.245. The van der Waals surface area contributed by atoms with E-state index in [1.54, 1.807) is 0 Å². The van der Waals surface area contributed by atoms with E-state index in [1.807, 2.05) is 4.90 Å². The number of methoxy groups -OCH3 is 1. The van der Waals surface area contributed by atoms with E-state index in [4.69, 9.17) is 4.74 Å². The molecule has 0 aromatic heterocycles. The molecule has 0 radical (unpaired) electrons. The number of aliphatic hydroxyl groups excluding tert-OH is 1. The lowest BCUT2D eigenvalue weighted by atomic mass is 10.1. The summed E-state index contributed by atoms with van der Waals surface area (Å²) in [5, 5.41) is 9.47. The number of likely N-dealkylation sites (tertiary alicyclic amines) is 1. The van der Waals surface area contributed by atoms with Crippen molar-refractivity contribution in [3.8, 4) is 5.75 Å². The lowest BCUT2D eigenvalue weighted by Gasteiger charge is -2.19. The third-order valence-electron chi connectivity index (χ3n) is 3.32. The van der Waals surface area contributed by atoms with Crippen LogP contribution in [0, 0.1) is 0 Å². The predicted molar refractivity (Wildman–Crippen MR) is 71.6 cm³/mol. The van der Waals surface area contributed by atoms with Crippen LogP contribution < -0.4 is 4.74 Å². The van der Waals surface area contributed by atoms with Crippen molar-refractivity contribution < 1.29 is 23.0 Å². The highest BCUT2D eigenvalue weighted by molar-refractivity contribution is 9.10. The van der Waals surface area contributed by atoms with Crippen LogP contribution in [-0.2, 0) is 12.7 Å². The maximum Gasteiger partial charge on any atom is 0.417 e. The zero-order chi connectivity index (χ0) is 14.9. The maximum absolute atomic E-state index is 12.9. The fourth-order valence-corrected chi connectivity index (χ4v) is 2.87. The number of aliphatic hydroxyl groups is 1. The van der Waals surface area contributed by atoms with Crippen LogP contribution in [-0.4, -0.2) is 36.3 Å². The molecule has 0 aliphatic carbocycles. The lowest BCUT2D eigenvalue weighted by Crippen LogP contribution is -2.22. The van der Waals surface area contributed by atoms with Crippen molar-refractivity contribution in [3.63, 3.8) is 0 Å². The molecule has 112 valence electrons. The molecule has 1 aromatic carbocycles. The van der Waals surface area contributed by atoms with Gasteiger partial charge in [0.2, 0.25) is 0 Å². The quantitative estimate of drug-likeness (QED) is 0.906. The fraction of sp³-hybridized carbons (Fsp3) is 0.538. The van der Waals surface area contributed by atoms with Crippen molar-refractivity contribution in [2.45, 2.75) is 25.2 Å². The minimum Gasteiger partial charge on any atom is -0.496 e. The molecule has 7 heteroatoms. The molecule has 1 aliphatic rings. The van der Waals surface area contributed by atoms with Gasteiger partial charge < -0.3 is 9.84 Å². The number of ether oxygens (including phenoxy) is 1. The van der Waals surface area contributed by atoms with Gasteiger partial charge in [-0.2, -0.15) is 13.2 Å². The highest BCUT2D eigenvalue weighted by Gasteiger charge is 2.34. The van der Waals surface area contributed by atoms with Gasteiger partial charge in [-0.25, -0.2) is 0 Å². The Bertz CT molecular complexity index is 493. The molecular formula is C13H15BrF3NO2. The summed E-state index contributed by atoms with van der Waals surface area (Å²) in [6.45, 7) is 1.47. The van der Waals surface area contributed by atoms with E-state index in [2.05, 4.69) is 15.9 Å². The van der Waals surface area contributed by atoms with Crippen LogP contribution in [0.2, 0.25) is 0 Å². The Morgan fingerprint density at radius 1 is 1.45 bits per heavy atom. The van der Waals surface area contributed by atoms with Crippen molar-refractivity contribution in [1.82, 2.24) is 4.90 Å². The largest absolute Gasteiger partial charge is 0.496 e. The molecule has 1 aliphatic heterocycles. The van der Waals surface area contributed by atoms with E-state index in [9.17, 15) is 18.3 Å². The highest BCUT2D eigenvalue weighted by atomic mass is 79.9. The zero-order valence-electron chi connectivity index (χ0n) is 10.9. The molecule has 1 unspecified atom stereocenters. The third kappa shape index (κ3) is 3.45. The van der Waals surface area contributed by atoms with E-state index < -0.39 is 17.8 Å². The van der Waals surface area contributed by atoms with Gasteiger partial charge in [0.05, 0.1) is 18.8 Å². The summed E-state index contributed by atoms with van der Waals surface area (Å²) in [4.78, 5) is 1.91. The molecular weight excluding hydrogens is 339 g/mol. The first-order valence-electron chi connectivity index (χ1n) is 6.15. The molecule has 1 aromatic rings. The van der Waals surface area contributed by atoms with Gasteiger partial charge >= 0.3 is 6.18 Å². The first-order chi connectivity index (χ1) is 9.31. The Kier molecular flexibility index (Phi) is 4.61. The SMILES string of the molecule is COc1cc(Br)c(C(F)(F)F)cc1CN1CCC(O)C1. The van der Waals surface area contributed by atoms with Gasteiger partial charge in [-0.05, 0) is 18.6 Å². The number of β-amino-alcohol motifs (C(OH)–C–C–N with tert-alkyl or cyclic N) is 1. The van der Waals surface area contributed by atoms with Crippen molar-refractivity contribution in [2.24, 2.45) is 0 Å². The Morgan fingerprint density at radius 2 is 2.15 bits per heavy atom. The van der Waals surface area contributed by atoms with E-state index >= 15 is 0 Å². The van der Waals surface area contributed by atoms with E-state index in [1.165, 1.54) is 13.2 Å². The smallest absolute Gasteiger partial charge is 0.417 e. The van der Waals surface area contributed by atoms with Crippen LogP contribution in [0.5, 0.6) is 5.75 Å². The van der Waals surface area contributed by atoms with Gasteiger partial charge in [-0.3, -0.25) is 4.90 Å². The van der Waals surface area contributed by atoms with Crippen LogP contribution >= 0.6 is 15.9 Å². The molecule has 1 N–H and O–H groups in total. The first-order valence-corrected chi connectivity index (χ1v) is 6.94. The number of benzene rings is 1. The predicted octanol–water partition coefficient (Wildman–Crippen LogP) is 3.04. The normalized spacial score (nSPS) is 20.4. The number of hydrogen-bond acceptors (Lipinski definition) is 3. The molecule has 1 fully saturated rings. The fourth-order valence-electron chi connectivity index (χ4n) is 2.33. The van der Waals surface area contributed by atoms with Crippen molar-refractivity contribution in [3.05, 3.63) is 27.7 Å². The van der Waals surface area contributed by atoms with Gasteiger partial charge in [0.1, 0.15) is 5.75 Å². The van der Waals surface area contributed by atoms with Gasteiger partial charge in [0.25, 0.3) is 0 Å². The number of nitrogens with zero attached hydrogens (tertiary/aromatic N) is 1. The zero-order valence-corrected chi connectivity index (χ0v) is 12.5. The monoisotopic (exact) mass is 353 g/mol. The van der Waals surface area contributed by atoms with Crippen LogP contribution in [0.3, 0.4) is 0 Å². The van der Waals surface area contributed by atoms with Gasteiger partial charge in [-0.1, -0.05) is 15.9 Å². The van der Waals surface area contributed by atoms with E-state index in [0.29, 0.717) is 37.4 Å². The topological polar surface area (TPSA) is 32.7 Å². The maximum atomic E-state index is 12.9. The van der Waals surface area contributed by atoms with Crippen LogP contribution in [0.15, 0.2) is 16.6 Å². The molecule has 0 amide bonds.